The number of nitrogens with zero attached hydrogens (tertiary/aromatic N) is 3. The van der Waals surface area contributed by atoms with Crippen LogP contribution in [-0.2, 0) is 23.0 Å². The van der Waals surface area contributed by atoms with Crippen molar-refractivity contribution >= 4 is 38.7 Å². The Bertz CT molecular complexity index is 1640. The maximum atomic E-state index is 12.9. The summed E-state index contributed by atoms with van der Waals surface area (Å²) in [4.78, 5) is 25.7. The molecule has 0 saturated carbocycles. The molecular formula is C27H26N6O3S. The number of primary sulfonamides is 1. The van der Waals surface area contributed by atoms with Gasteiger partial charge in [-0.3, -0.25) is 14.8 Å². The fraction of sp³-hybridized carbons (Fsp3) is 0.185. The predicted octanol–water partition coefficient (Wildman–Crippen LogP) is 2.61. The third kappa shape index (κ3) is 5.35. The number of aliphatic imine (C=N–C) groups is 1. The number of nitrogens with two attached hydrogens (primary N) is 2. The van der Waals surface area contributed by atoms with E-state index in [-0.39, 0.29) is 5.91 Å². The number of pyridine rings is 2. The number of benzene rings is 1. The van der Waals surface area contributed by atoms with Gasteiger partial charge < -0.3 is 11.1 Å². The van der Waals surface area contributed by atoms with Crippen LogP contribution in [0.15, 0.2) is 88.7 Å². The van der Waals surface area contributed by atoms with Crippen LogP contribution >= 0.6 is 0 Å². The first kappa shape index (κ1) is 24.5. The average Bonchev–Trinajstić information content (AvgIpc) is 2.86. The summed E-state index contributed by atoms with van der Waals surface area (Å²) in [6, 6.07) is 10.4. The van der Waals surface area contributed by atoms with Gasteiger partial charge in [0.15, 0.2) is 0 Å². The second-order valence-electron chi connectivity index (χ2n) is 9.20. The number of nitrogen functional groups attached to an aromatic ring is 1. The Balaban J connectivity index is 1.31. The fourth-order valence-electron chi connectivity index (χ4n) is 4.59. The summed E-state index contributed by atoms with van der Waals surface area (Å²) in [5.41, 5.74) is 10.4. The van der Waals surface area contributed by atoms with Gasteiger partial charge in [0, 0.05) is 48.2 Å². The molecule has 2 atom stereocenters. The Hall–Kier alpha value is -4.15. The summed E-state index contributed by atoms with van der Waals surface area (Å²) < 4.78 is 24.6. The van der Waals surface area contributed by atoms with Crippen LogP contribution in [0.2, 0.25) is 0 Å². The second-order valence-corrected chi connectivity index (χ2v) is 10.9. The summed E-state index contributed by atoms with van der Waals surface area (Å²) >= 11 is 0. The highest BCUT2D eigenvalue weighted by atomic mass is 32.2. The van der Waals surface area contributed by atoms with Gasteiger partial charge in [0.05, 0.1) is 6.04 Å². The topological polar surface area (TPSA) is 153 Å². The number of anilines is 1. The Kier molecular flexibility index (Phi) is 6.45. The van der Waals surface area contributed by atoms with Gasteiger partial charge in [-0.15, -0.1) is 0 Å². The Morgan fingerprint density at radius 3 is 2.70 bits per heavy atom. The van der Waals surface area contributed by atoms with Crippen LogP contribution in [0.3, 0.4) is 0 Å². The lowest BCUT2D eigenvalue weighted by Crippen LogP contribution is -2.40. The minimum absolute atomic E-state index is 0.239. The van der Waals surface area contributed by atoms with Gasteiger partial charge in [0.1, 0.15) is 11.1 Å². The number of hydrogen-bond acceptors (Lipinski definition) is 7. The van der Waals surface area contributed by atoms with Gasteiger partial charge in [-0.25, -0.2) is 18.5 Å². The number of carbonyl (C=O) groups excluding carboxylic acids is 1. The summed E-state index contributed by atoms with van der Waals surface area (Å²) in [6.45, 7) is 2.24. The molecule has 3 aromatic rings. The number of amides is 1. The molecule has 0 bridgehead atoms. The number of hydrogen-bond donors (Lipinski definition) is 3. The zero-order chi connectivity index (χ0) is 26.2. The maximum Gasteiger partial charge on any atom is 0.251 e. The Morgan fingerprint density at radius 1 is 1.08 bits per heavy atom. The summed E-state index contributed by atoms with van der Waals surface area (Å²) in [5.74, 6) is 0.228. The Labute approximate surface area is 214 Å². The van der Waals surface area contributed by atoms with Gasteiger partial charge in [-0.05, 0) is 58.9 Å². The zero-order valence-corrected chi connectivity index (χ0v) is 20.9. The van der Waals surface area contributed by atoms with E-state index in [9.17, 15) is 13.2 Å². The Morgan fingerprint density at radius 2 is 1.89 bits per heavy atom. The lowest BCUT2D eigenvalue weighted by molar-refractivity contribution is 0.0950. The molecule has 0 radical (unpaired) electrons. The van der Waals surface area contributed by atoms with Crippen molar-refractivity contribution in [1.29, 1.82) is 0 Å². The van der Waals surface area contributed by atoms with Crippen LogP contribution in [-0.4, -0.2) is 41.8 Å². The minimum Gasteiger partial charge on any atom is -0.383 e. The predicted molar refractivity (Wildman–Crippen MR) is 144 cm³/mol. The molecule has 0 fully saturated rings. The van der Waals surface area contributed by atoms with E-state index in [0.717, 1.165) is 33.1 Å². The van der Waals surface area contributed by atoms with Crippen LogP contribution in [0, 0.1) is 0 Å². The van der Waals surface area contributed by atoms with Crippen LogP contribution in [0.25, 0.3) is 10.8 Å². The minimum atomic E-state index is -3.87. The van der Waals surface area contributed by atoms with E-state index in [1.165, 1.54) is 0 Å². The third-order valence-electron chi connectivity index (χ3n) is 6.37. The molecule has 9 nitrogen and oxygen atoms in total. The van der Waals surface area contributed by atoms with Gasteiger partial charge in [-0.2, -0.15) is 0 Å². The largest absolute Gasteiger partial charge is 0.383 e. The number of sulfonamides is 1. The number of carbonyl (C=O) groups is 1. The van der Waals surface area contributed by atoms with Crippen molar-refractivity contribution in [1.82, 2.24) is 15.3 Å². The molecule has 37 heavy (non-hydrogen) atoms. The van der Waals surface area contributed by atoms with Crippen molar-refractivity contribution in [3.8, 4) is 0 Å². The third-order valence-corrected chi connectivity index (χ3v) is 7.52. The molecule has 1 aliphatic heterocycles. The molecule has 1 amide bonds. The molecule has 10 heteroatoms. The second kappa shape index (κ2) is 9.72. The van der Waals surface area contributed by atoms with Crippen molar-refractivity contribution in [3.63, 3.8) is 0 Å². The maximum absolute atomic E-state index is 12.9. The fourth-order valence-corrected chi connectivity index (χ4v) is 5.54. The lowest BCUT2D eigenvalue weighted by atomic mass is 9.89. The molecule has 1 aliphatic carbocycles. The first-order chi connectivity index (χ1) is 17.7. The number of dihydropyridines is 1. The molecule has 2 aromatic heterocycles. The van der Waals surface area contributed by atoms with Gasteiger partial charge in [-0.1, -0.05) is 30.4 Å². The number of fused-ring (bicyclic) bond motifs is 2. The van der Waals surface area contributed by atoms with Crippen molar-refractivity contribution in [3.05, 3.63) is 101 Å². The van der Waals surface area contributed by atoms with Crippen LogP contribution < -0.4 is 16.2 Å². The highest BCUT2D eigenvalue weighted by molar-refractivity contribution is 7.90. The van der Waals surface area contributed by atoms with E-state index in [4.69, 9.17) is 10.9 Å². The quantitative estimate of drug-likeness (QED) is 0.460. The average molecular weight is 515 g/mol. The van der Waals surface area contributed by atoms with E-state index in [1.807, 2.05) is 43.3 Å². The van der Waals surface area contributed by atoms with Crippen LogP contribution in [0.4, 0.5) is 5.82 Å². The number of rotatable bonds is 6. The van der Waals surface area contributed by atoms with E-state index >= 15 is 0 Å². The normalized spacial score (nSPS) is 19.0. The van der Waals surface area contributed by atoms with Crippen molar-refractivity contribution in [2.75, 3.05) is 5.73 Å². The molecule has 3 heterocycles. The summed E-state index contributed by atoms with van der Waals surface area (Å²) in [6.07, 6.45) is 10.7. The first-order valence-corrected chi connectivity index (χ1v) is 13.3. The van der Waals surface area contributed by atoms with Crippen LogP contribution in [0.5, 0.6) is 0 Å². The van der Waals surface area contributed by atoms with Crippen LogP contribution in [0.1, 0.15) is 28.5 Å². The standard InChI is InChI=1S/C27H26N6O3S/c1-16-8-21-10-18(12-24(37(29,35)36)25(21)32-14-16)11-22-13-20(5-6-30-22)27(34)33-15-17-2-3-23-19(9-17)4-7-31-26(23)28/h2-10,12-14,24-25H,11,15H2,1H3,(H2,28,31)(H,33,34)(H2,29,35,36). The number of aromatic nitrogens is 2. The summed E-state index contributed by atoms with van der Waals surface area (Å²) in [7, 11) is -3.87. The molecule has 188 valence electrons. The molecule has 2 aliphatic rings. The van der Waals surface area contributed by atoms with E-state index < -0.39 is 21.3 Å². The molecule has 5 rings (SSSR count). The van der Waals surface area contributed by atoms with Gasteiger partial charge in [0.2, 0.25) is 10.0 Å². The number of allylic oxidation sites excluding steroid dienone is 3. The smallest absolute Gasteiger partial charge is 0.251 e. The molecule has 2 unspecified atom stereocenters. The van der Waals surface area contributed by atoms with E-state index in [1.54, 1.807) is 36.8 Å². The van der Waals surface area contributed by atoms with Crippen molar-refractivity contribution in [2.45, 2.75) is 31.2 Å². The SMILES string of the molecule is CC1=CC2=CC(Cc3cc(C(=O)NCc4ccc5c(N)nccc5c4)ccn3)=CC(S(N)(=O)=O)C2N=C1. The summed E-state index contributed by atoms with van der Waals surface area (Å²) in [5, 5.41) is 9.32. The van der Waals surface area contributed by atoms with E-state index in [0.29, 0.717) is 30.0 Å². The molecule has 5 N–H and O–H groups in total. The monoisotopic (exact) mass is 514 g/mol. The zero-order valence-electron chi connectivity index (χ0n) is 20.1. The van der Waals surface area contributed by atoms with Crippen molar-refractivity contribution in [2.24, 2.45) is 10.1 Å². The number of nitrogens with one attached hydrogen (secondary N) is 1. The first-order valence-electron chi connectivity index (χ1n) is 11.7. The molecule has 0 saturated heterocycles. The van der Waals surface area contributed by atoms with Gasteiger partial charge in [0.25, 0.3) is 5.91 Å². The highest BCUT2D eigenvalue weighted by Crippen LogP contribution is 2.30. The van der Waals surface area contributed by atoms with Gasteiger partial charge >= 0.3 is 0 Å². The highest BCUT2D eigenvalue weighted by Gasteiger charge is 2.34. The molecule has 1 aromatic carbocycles. The molecular weight excluding hydrogens is 488 g/mol. The van der Waals surface area contributed by atoms with E-state index in [2.05, 4.69) is 20.3 Å². The molecule has 0 spiro atoms. The van der Waals surface area contributed by atoms with Crippen molar-refractivity contribution < 1.29 is 13.2 Å². The lowest BCUT2D eigenvalue weighted by Gasteiger charge is -2.28.